The summed E-state index contributed by atoms with van der Waals surface area (Å²) < 4.78 is 5.61. The van der Waals surface area contributed by atoms with Crippen LogP contribution < -0.4 is 0 Å². The fourth-order valence-corrected chi connectivity index (χ4v) is 30.7. The summed E-state index contributed by atoms with van der Waals surface area (Å²) in [6.07, 6.45) is 58.4. The molecule has 0 spiro atoms. The lowest BCUT2D eigenvalue weighted by molar-refractivity contribution is -0.124. The van der Waals surface area contributed by atoms with E-state index in [4.69, 9.17) is 0 Å². The van der Waals surface area contributed by atoms with Crippen LogP contribution >= 0.6 is 79.4 Å². The van der Waals surface area contributed by atoms with Crippen LogP contribution in [-0.4, -0.2) is 58.0 Å². The summed E-state index contributed by atoms with van der Waals surface area (Å²) in [6.45, 7) is 38.9. The summed E-state index contributed by atoms with van der Waals surface area (Å²) in [5, 5.41) is 5.53. The van der Waals surface area contributed by atoms with Crippen molar-refractivity contribution in [3.63, 3.8) is 0 Å². The molecule has 4 amide bonds. The average Bonchev–Trinajstić information content (AvgIpc) is 1.55. The van der Waals surface area contributed by atoms with E-state index in [-0.39, 0.29) is 29.5 Å². The molecule has 10 heterocycles. The molecule has 0 saturated heterocycles. The molecule has 2 aromatic carbocycles. The van der Waals surface area contributed by atoms with Gasteiger partial charge in [0.05, 0.1) is 53.2 Å². The van der Waals surface area contributed by atoms with Crippen LogP contribution in [0.15, 0.2) is 59.7 Å². The van der Waals surface area contributed by atoms with Gasteiger partial charge in [-0.25, -0.2) is 0 Å². The van der Waals surface area contributed by atoms with Crippen molar-refractivity contribution in [1.29, 1.82) is 0 Å². The van der Waals surface area contributed by atoms with Crippen LogP contribution in [0.3, 0.4) is 0 Å². The maximum atomic E-state index is 16.5. The Balaban J connectivity index is 1.06. The number of aryl methyl sites for hydroxylation is 6. The van der Waals surface area contributed by atoms with E-state index in [9.17, 15) is 0 Å². The van der Waals surface area contributed by atoms with E-state index in [2.05, 4.69) is 169 Å². The molecule has 0 fully saturated rings. The van der Waals surface area contributed by atoms with Crippen molar-refractivity contribution in [2.45, 2.75) is 432 Å². The van der Waals surface area contributed by atoms with Crippen molar-refractivity contribution >= 4 is 155 Å². The van der Waals surface area contributed by atoms with Crippen molar-refractivity contribution in [3.8, 4) is 29.3 Å². The van der Waals surface area contributed by atoms with E-state index in [0.717, 1.165) is 175 Å². The van der Waals surface area contributed by atoms with Gasteiger partial charge in [-0.2, -0.15) is 0 Å². The maximum absolute atomic E-state index is 16.5. The number of benzene rings is 2. The second kappa shape index (κ2) is 52.5. The molecule has 3 aliphatic heterocycles. The van der Waals surface area contributed by atoms with Gasteiger partial charge in [0.15, 0.2) is 0 Å². The van der Waals surface area contributed by atoms with Crippen LogP contribution in [0.25, 0.3) is 81.0 Å². The summed E-state index contributed by atoms with van der Waals surface area (Å²) >= 11 is 13.1. The number of amides is 4. The third kappa shape index (κ3) is 25.3. The fourth-order valence-electron chi connectivity index (χ4n) is 22.2. The third-order valence-corrected chi connectivity index (χ3v) is 39.1. The van der Waals surface area contributed by atoms with E-state index in [0.29, 0.717) is 77.4 Å². The molecule has 7 atom stereocenters. The maximum Gasteiger partial charge on any atom is 0.263 e. The Hall–Kier alpha value is -5.06. The summed E-state index contributed by atoms with van der Waals surface area (Å²) in [6, 6.07) is 19.2. The smallest absolute Gasteiger partial charge is 0.263 e. The molecule has 130 heavy (non-hydrogen) atoms. The molecule has 7 nitrogen and oxygen atoms in total. The number of nitrogens with zero attached hydrogens (tertiary/aromatic N) is 3. The first-order valence-electron chi connectivity index (χ1n) is 53.7. The van der Waals surface area contributed by atoms with E-state index < -0.39 is 0 Å². The van der Waals surface area contributed by atoms with Crippen LogP contribution in [0.5, 0.6) is 0 Å². The normalized spacial score (nSPS) is 15.5. The first-order chi connectivity index (χ1) is 63.4. The Morgan fingerprint density at radius 2 is 0.546 bits per heavy atom. The number of carbonyl (C=O) groups is 4. The van der Waals surface area contributed by atoms with Crippen LogP contribution in [0.2, 0.25) is 0 Å². The van der Waals surface area contributed by atoms with Crippen molar-refractivity contribution in [1.82, 2.24) is 14.7 Å². The Kier molecular flexibility index (Phi) is 41.9. The van der Waals surface area contributed by atoms with Crippen LogP contribution in [0.4, 0.5) is 0 Å². The van der Waals surface area contributed by atoms with Gasteiger partial charge in [0.1, 0.15) is 0 Å². The van der Waals surface area contributed by atoms with Gasteiger partial charge in [-0.15, -0.1) is 79.4 Å². The molecule has 714 valence electrons. The molecule has 12 rings (SSSR count). The third-order valence-electron chi connectivity index (χ3n) is 30.6. The Morgan fingerprint density at radius 3 is 0.923 bits per heavy atom. The molecule has 14 heteroatoms. The van der Waals surface area contributed by atoms with E-state index in [1.54, 1.807) is 27.6 Å². The monoisotopic (exact) mass is 1890 g/mol. The Labute approximate surface area is 816 Å². The highest BCUT2D eigenvalue weighted by Gasteiger charge is 2.51. The van der Waals surface area contributed by atoms with Gasteiger partial charge in [0, 0.05) is 67.7 Å². The lowest BCUT2D eigenvalue weighted by atomic mass is 9.88. The minimum Gasteiger partial charge on any atom is -0.306 e. The topological polar surface area (TPSA) is 78.0 Å². The Bertz CT molecular complexity index is 5020. The SMILES string of the molecule is CCCCCCCCC(CCCCC)CN1C(=O)C2=C(c3ccc(-c4cc5c(CCC(CC)CCCC)c6sc(-c7sc(-c8cc9c(CCC(CC)CCCC)c%10sc(C)cc%10c(CCC(CC)CCCC)c9s8)c8c7C(=O)N(CC(CC)CCCC)C8=O)cc6c(CCC(CC)CCCC)c5s4)s3)N(CC(CCCCC)CCCCCCCC)C(=O)C2=C1c1ccc(C)s1. The van der Waals surface area contributed by atoms with Crippen molar-refractivity contribution in [2.75, 3.05) is 19.6 Å². The predicted molar refractivity (Wildman–Crippen MR) is 578 cm³/mol. The highest BCUT2D eigenvalue weighted by Crippen LogP contribution is 2.57. The average molecular weight is 1890 g/mol. The predicted octanol–water partition coefficient (Wildman–Crippen LogP) is 38.5. The van der Waals surface area contributed by atoms with E-state index in [1.165, 1.54) is 268 Å². The zero-order valence-electron chi connectivity index (χ0n) is 84.0. The second-order valence-electron chi connectivity index (χ2n) is 40.2. The molecule has 9 aromatic rings. The number of rotatable bonds is 65. The molecular formula is C116H169N3O4S7. The van der Waals surface area contributed by atoms with Crippen LogP contribution in [0.1, 0.15) is 455 Å². The van der Waals surface area contributed by atoms with Gasteiger partial charge >= 0.3 is 0 Å². The number of imide groups is 1. The van der Waals surface area contributed by atoms with Crippen molar-refractivity contribution in [3.05, 3.63) is 113 Å². The highest BCUT2D eigenvalue weighted by molar-refractivity contribution is 7.31. The number of thiophene rings is 7. The van der Waals surface area contributed by atoms with Crippen molar-refractivity contribution < 1.29 is 19.2 Å². The Morgan fingerprint density at radius 1 is 0.246 bits per heavy atom. The largest absolute Gasteiger partial charge is 0.306 e. The minimum atomic E-state index is -0.102. The van der Waals surface area contributed by atoms with Gasteiger partial charge in [-0.3, -0.25) is 24.1 Å². The molecule has 7 unspecified atom stereocenters. The molecule has 0 N–H and O–H groups in total. The summed E-state index contributed by atoms with van der Waals surface area (Å²) in [5.41, 5.74) is 10.1. The second-order valence-corrected chi connectivity index (χ2v) is 48.0. The van der Waals surface area contributed by atoms with Gasteiger partial charge in [-0.1, -0.05) is 335 Å². The highest BCUT2D eigenvalue weighted by atomic mass is 32.1. The van der Waals surface area contributed by atoms with Gasteiger partial charge in [0.2, 0.25) is 0 Å². The number of fused-ring (bicyclic) bond motifs is 6. The van der Waals surface area contributed by atoms with Crippen molar-refractivity contribution in [2.24, 2.45) is 41.4 Å². The summed E-state index contributed by atoms with van der Waals surface area (Å²) in [4.78, 5) is 82.8. The zero-order valence-corrected chi connectivity index (χ0v) is 89.7. The van der Waals surface area contributed by atoms with Gasteiger partial charge in [0.25, 0.3) is 23.6 Å². The number of unbranched alkanes of at least 4 members (excludes halogenated alkanes) is 19. The first kappa shape index (κ1) is 104. The molecule has 0 aliphatic carbocycles. The fraction of sp³-hybridized carbons (Fsp3) is 0.655. The lowest BCUT2D eigenvalue weighted by Crippen LogP contribution is -2.34. The quantitative estimate of drug-likeness (QED) is 0.0281. The standard InChI is InChI=1S/C116H169N3O4S7/c1-17-31-40-42-44-48-57-85(55-46-33-19-3)76-117-105(96-68-59-78(15)124-96)101-102(114(117)121)106(118(113(101)120)77-86(56-47-34-20-4)58-49-45-43-41-32-18-2)97-70-69-95(126-97)98-72-92-89(66-62-82(28-12)52-37-23-7)110-94(90(108(92)127-98)67-63-83(29-13)53-38-24-8)74-100(129-110)112-104-103(115(122)119(116(104)123)75-84(30-14)54-39-25-9)111(130-112)99-73-93-88(65-61-81(27-11)51-36-22-6)107-91(71-79(16)125-107)87(109(93)128-99)64-60-80(26-10)50-35-21-5/h59,68-74,80-86H,17-58,60-67,75-77H2,1-16H3. The van der Waals surface area contributed by atoms with Crippen LogP contribution in [0, 0.1) is 55.3 Å². The number of hydrogen-bond donors (Lipinski definition) is 0. The molecule has 0 radical (unpaired) electrons. The minimum absolute atomic E-state index is 0.0208. The van der Waals surface area contributed by atoms with Gasteiger partial charge < -0.3 is 9.80 Å². The molecular weight excluding hydrogens is 1720 g/mol. The number of carbonyl (C=O) groups excluding carboxylic acids is 4. The molecule has 0 saturated carbocycles. The molecule has 7 aromatic heterocycles. The molecule has 0 bridgehead atoms. The number of hydrogen-bond acceptors (Lipinski definition) is 11. The summed E-state index contributed by atoms with van der Waals surface area (Å²) in [5.74, 6) is 3.27. The molecule has 3 aliphatic rings. The lowest BCUT2D eigenvalue weighted by Gasteiger charge is -2.29. The van der Waals surface area contributed by atoms with Crippen LogP contribution in [-0.2, 0) is 35.3 Å². The first-order valence-corrected chi connectivity index (χ1v) is 59.4. The zero-order chi connectivity index (χ0) is 92.3. The van der Waals surface area contributed by atoms with E-state index >= 15 is 19.2 Å². The van der Waals surface area contributed by atoms with E-state index in [1.807, 2.05) is 56.7 Å². The summed E-state index contributed by atoms with van der Waals surface area (Å²) in [7, 11) is 0. The van der Waals surface area contributed by atoms with Gasteiger partial charge in [-0.05, 0) is 231 Å².